The number of aliphatic carboxylic acids is 1. The number of halogens is 1. The molecule has 0 radical (unpaired) electrons. The first-order valence-electron chi connectivity index (χ1n) is 2.12. The monoisotopic (exact) mass is 121 g/mol. The van der Waals surface area contributed by atoms with E-state index < -0.39 is 11.8 Å². The van der Waals surface area contributed by atoms with Crippen LogP contribution in [-0.2, 0) is 4.79 Å². The zero-order valence-electron chi connectivity index (χ0n) is 4.73. The summed E-state index contributed by atoms with van der Waals surface area (Å²) in [5, 5.41) is 9.98. The van der Waals surface area contributed by atoms with Crippen LogP contribution in [0.25, 0.3) is 0 Å². The van der Waals surface area contributed by atoms with E-state index in [0.717, 1.165) is 6.92 Å². The van der Waals surface area contributed by atoms with Gasteiger partial charge < -0.3 is 5.11 Å². The molecule has 1 atom stereocenters. The van der Waals surface area contributed by atoms with Crippen LogP contribution in [0, 0.1) is 0 Å². The van der Waals surface area contributed by atoms with E-state index in [0.29, 0.717) is 0 Å². The molecule has 0 amide bonds. The normalized spacial score (nSPS) is 17.4. The lowest BCUT2D eigenvalue weighted by atomic mass is 10.3. The summed E-state index contributed by atoms with van der Waals surface area (Å²) in [6.45, 7) is 0.940. The SMILES string of the molecule is CN[C@@](C)(F)C(=O)O. The Balaban J connectivity index is 3.91. The second-order valence-electron chi connectivity index (χ2n) is 1.56. The first kappa shape index (κ1) is 7.36. The Kier molecular flexibility index (Phi) is 1.92. The third kappa shape index (κ3) is 1.46. The van der Waals surface area contributed by atoms with Crippen LogP contribution in [-0.4, -0.2) is 23.9 Å². The summed E-state index contributed by atoms with van der Waals surface area (Å²) in [7, 11) is 1.24. The first-order valence-corrected chi connectivity index (χ1v) is 2.12. The molecule has 4 heteroatoms. The van der Waals surface area contributed by atoms with E-state index in [4.69, 9.17) is 5.11 Å². The van der Waals surface area contributed by atoms with Gasteiger partial charge in [-0.15, -0.1) is 0 Å². The third-order valence-electron chi connectivity index (χ3n) is 0.871. The summed E-state index contributed by atoms with van der Waals surface area (Å²) in [5.74, 6) is -3.79. The summed E-state index contributed by atoms with van der Waals surface area (Å²) in [6, 6.07) is 0. The largest absolute Gasteiger partial charge is 0.478 e. The standard InChI is InChI=1S/C4H8FNO2/c1-4(5,6-2)3(7)8/h6H,1-2H3,(H,7,8)/t4-/m1/s1. The highest BCUT2D eigenvalue weighted by Gasteiger charge is 2.29. The fraction of sp³-hybridized carbons (Fsp3) is 0.750. The van der Waals surface area contributed by atoms with Crippen LogP contribution in [0.4, 0.5) is 4.39 Å². The molecular weight excluding hydrogens is 113 g/mol. The molecule has 3 nitrogen and oxygen atoms in total. The minimum Gasteiger partial charge on any atom is -0.478 e. The highest BCUT2D eigenvalue weighted by molar-refractivity contribution is 5.75. The van der Waals surface area contributed by atoms with Crippen molar-refractivity contribution < 1.29 is 14.3 Å². The van der Waals surface area contributed by atoms with Crippen molar-refractivity contribution in [2.75, 3.05) is 7.05 Å². The minimum atomic E-state index is -2.29. The van der Waals surface area contributed by atoms with Crippen LogP contribution in [0.15, 0.2) is 0 Å². The molecule has 0 spiro atoms. The van der Waals surface area contributed by atoms with E-state index in [1.54, 1.807) is 0 Å². The molecule has 0 aromatic carbocycles. The molecular formula is C4H8FNO2. The van der Waals surface area contributed by atoms with Crippen LogP contribution in [0.2, 0.25) is 0 Å². The Hall–Kier alpha value is -0.640. The highest BCUT2D eigenvalue weighted by atomic mass is 19.1. The van der Waals surface area contributed by atoms with E-state index >= 15 is 0 Å². The van der Waals surface area contributed by atoms with Crippen molar-refractivity contribution in [2.45, 2.75) is 12.7 Å². The number of alkyl halides is 1. The predicted molar refractivity (Wildman–Crippen MR) is 26.2 cm³/mol. The average Bonchev–Trinajstić information content (AvgIpc) is 1.67. The molecule has 48 valence electrons. The highest BCUT2D eigenvalue weighted by Crippen LogP contribution is 2.02. The smallest absolute Gasteiger partial charge is 0.356 e. The van der Waals surface area contributed by atoms with Crippen LogP contribution in [0.5, 0.6) is 0 Å². The quantitative estimate of drug-likeness (QED) is 0.504. The number of nitrogens with one attached hydrogen (secondary N) is 1. The number of hydrogen-bond donors (Lipinski definition) is 2. The van der Waals surface area contributed by atoms with Crippen molar-refractivity contribution in [2.24, 2.45) is 0 Å². The van der Waals surface area contributed by atoms with Gasteiger partial charge in [0.15, 0.2) is 0 Å². The summed E-state index contributed by atoms with van der Waals surface area (Å²) in [6.07, 6.45) is 0. The van der Waals surface area contributed by atoms with Crippen LogP contribution in [0.1, 0.15) is 6.92 Å². The summed E-state index contributed by atoms with van der Waals surface area (Å²) < 4.78 is 12.2. The van der Waals surface area contributed by atoms with E-state index in [1.807, 2.05) is 5.32 Å². The van der Waals surface area contributed by atoms with Gasteiger partial charge in [0.1, 0.15) is 0 Å². The Labute approximate surface area is 46.5 Å². The molecule has 0 saturated heterocycles. The Morgan fingerprint density at radius 1 is 1.88 bits per heavy atom. The molecule has 0 heterocycles. The zero-order valence-corrected chi connectivity index (χ0v) is 4.73. The minimum absolute atomic E-state index is 0.940. The average molecular weight is 121 g/mol. The maximum atomic E-state index is 12.2. The van der Waals surface area contributed by atoms with Gasteiger partial charge in [-0.05, 0) is 14.0 Å². The van der Waals surface area contributed by atoms with Gasteiger partial charge in [-0.1, -0.05) is 0 Å². The maximum absolute atomic E-state index is 12.2. The molecule has 2 N–H and O–H groups in total. The van der Waals surface area contributed by atoms with Gasteiger partial charge in [-0.25, -0.2) is 9.18 Å². The Morgan fingerprint density at radius 3 is 2.25 bits per heavy atom. The van der Waals surface area contributed by atoms with E-state index in [2.05, 4.69) is 0 Å². The first-order chi connectivity index (χ1) is 3.50. The zero-order chi connectivity index (χ0) is 6.78. The second kappa shape index (κ2) is 2.09. The van der Waals surface area contributed by atoms with Gasteiger partial charge in [0, 0.05) is 0 Å². The van der Waals surface area contributed by atoms with Crippen LogP contribution < -0.4 is 5.32 Å². The van der Waals surface area contributed by atoms with E-state index in [1.165, 1.54) is 7.05 Å². The number of carboxylic acids is 1. The summed E-state index contributed by atoms with van der Waals surface area (Å²) >= 11 is 0. The molecule has 0 aliphatic heterocycles. The lowest BCUT2D eigenvalue weighted by Crippen LogP contribution is -2.42. The van der Waals surface area contributed by atoms with Crippen molar-refractivity contribution >= 4 is 5.97 Å². The fourth-order valence-corrected chi connectivity index (χ4v) is 0.107. The number of rotatable bonds is 2. The molecule has 0 aromatic heterocycles. The molecule has 0 bridgehead atoms. The van der Waals surface area contributed by atoms with Crippen molar-refractivity contribution in [3.05, 3.63) is 0 Å². The molecule has 0 rings (SSSR count). The second-order valence-corrected chi connectivity index (χ2v) is 1.56. The lowest BCUT2D eigenvalue weighted by molar-refractivity contribution is -0.151. The fourth-order valence-electron chi connectivity index (χ4n) is 0.107. The molecule has 0 aliphatic carbocycles. The van der Waals surface area contributed by atoms with E-state index in [-0.39, 0.29) is 0 Å². The molecule has 0 aromatic rings. The predicted octanol–water partition coefficient (Wildman–Crippen LogP) is -0.0239. The van der Waals surface area contributed by atoms with Crippen molar-refractivity contribution in [1.82, 2.24) is 5.32 Å². The number of carbonyl (C=O) groups is 1. The molecule has 8 heavy (non-hydrogen) atoms. The van der Waals surface area contributed by atoms with Crippen molar-refractivity contribution in [1.29, 1.82) is 0 Å². The van der Waals surface area contributed by atoms with Gasteiger partial charge in [0.2, 0.25) is 0 Å². The van der Waals surface area contributed by atoms with Crippen LogP contribution in [0.3, 0.4) is 0 Å². The van der Waals surface area contributed by atoms with Crippen molar-refractivity contribution in [3.8, 4) is 0 Å². The summed E-state index contributed by atoms with van der Waals surface area (Å²) in [5.41, 5.74) is 0. The maximum Gasteiger partial charge on any atom is 0.356 e. The number of carboxylic acid groups (broad SMARTS) is 1. The molecule has 0 unspecified atom stereocenters. The molecule has 0 fully saturated rings. The topological polar surface area (TPSA) is 49.3 Å². The molecule has 0 aliphatic rings. The Morgan fingerprint density at radius 2 is 2.25 bits per heavy atom. The van der Waals surface area contributed by atoms with Gasteiger partial charge >= 0.3 is 5.97 Å². The lowest BCUT2D eigenvalue weighted by Gasteiger charge is -2.11. The number of likely N-dealkylation sites (N-methyl/N-ethyl adjacent to an activating group) is 1. The van der Waals surface area contributed by atoms with Crippen molar-refractivity contribution in [3.63, 3.8) is 0 Å². The van der Waals surface area contributed by atoms with Gasteiger partial charge in [0.25, 0.3) is 5.79 Å². The van der Waals surface area contributed by atoms with Gasteiger partial charge in [0.05, 0.1) is 0 Å². The van der Waals surface area contributed by atoms with Gasteiger partial charge in [-0.2, -0.15) is 0 Å². The molecule has 0 saturated carbocycles. The third-order valence-corrected chi connectivity index (χ3v) is 0.871. The van der Waals surface area contributed by atoms with Gasteiger partial charge in [-0.3, -0.25) is 5.32 Å². The summed E-state index contributed by atoms with van der Waals surface area (Å²) in [4.78, 5) is 9.81. The Bertz CT molecular complexity index is 102. The van der Waals surface area contributed by atoms with E-state index in [9.17, 15) is 9.18 Å². The number of hydrogen-bond acceptors (Lipinski definition) is 2. The van der Waals surface area contributed by atoms with Crippen LogP contribution >= 0.6 is 0 Å².